The molecule has 3 nitrogen and oxygen atoms in total. The molecule has 0 amide bonds. The predicted octanol–water partition coefficient (Wildman–Crippen LogP) is 5.01. The van der Waals surface area contributed by atoms with Crippen molar-refractivity contribution in [3.8, 4) is 0 Å². The summed E-state index contributed by atoms with van der Waals surface area (Å²) in [4.78, 5) is 0. The molecule has 126 valence electrons. The molecule has 0 rings (SSSR count). The van der Waals surface area contributed by atoms with Gasteiger partial charge >= 0.3 is 7.32 Å². The second kappa shape index (κ2) is 14.6. The van der Waals surface area contributed by atoms with Crippen molar-refractivity contribution in [2.45, 2.75) is 82.5 Å². The molecule has 0 saturated heterocycles. The van der Waals surface area contributed by atoms with E-state index in [9.17, 15) is 0 Å². The molecular formula is C14H31BO3S3. The molecule has 0 spiro atoms. The number of hydrogen-bond donors (Lipinski definition) is 2. The molecule has 0 fully saturated rings. The van der Waals surface area contributed by atoms with Gasteiger partial charge in [0.15, 0.2) is 0 Å². The van der Waals surface area contributed by atoms with Gasteiger partial charge in [0.25, 0.3) is 0 Å². The van der Waals surface area contributed by atoms with Crippen LogP contribution in [0.1, 0.15) is 66.2 Å². The molecule has 0 N–H and O–H groups in total. The van der Waals surface area contributed by atoms with Crippen molar-refractivity contribution in [3.63, 3.8) is 0 Å². The second-order valence-corrected chi connectivity index (χ2v) is 7.96. The zero-order valence-corrected chi connectivity index (χ0v) is 16.4. The summed E-state index contributed by atoms with van der Waals surface area (Å²) >= 11 is 10.2. The van der Waals surface area contributed by atoms with Gasteiger partial charge in [-0.1, -0.05) is 39.0 Å². The molecule has 7 heteroatoms. The lowest BCUT2D eigenvalue weighted by molar-refractivity contribution is 0.0819. The molecule has 0 aromatic rings. The van der Waals surface area contributed by atoms with Gasteiger partial charge in [-0.2, -0.15) is 0 Å². The van der Waals surface area contributed by atoms with E-state index in [2.05, 4.69) is 32.2 Å². The molecule has 21 heavy (non-hydrogen) atoms. The summed E-state index contributed by atoms with van der Waals surface area (Å²) in [6, 6.07) is 0. The summed E-state index contributed by atoms with van der Waals surface area (Å²) in [6.07, 6.45) is 7.89. The maximum atomic E-state index is 5.74. The van der Waals surface area contributed by atoms with E-state index in [0.717, 1.165) is 5.75 Å². The Morgan fingerprint density at radius 2 is 1.38 bits per heavy atom. The number of unbranched alkanes of at least 4 members (excludes halogenated alkanes) is 5. The van der Waals surface area contributed by atoms with Crippen LogP contribution in [-0.2, 0) is 14.0 Å². The van der Waals surface area contributed by atoms with Crippen LogP contribution in [0.5, 0.6) is 0 Å². The van der Waals surface area contributed by atoms with Crippen molar-refractivity contribution >= 4 is 44.3 Å². The summed E-state index contributed by atoms with van der Waals surface area (Å²) in [6.45, 7) is 7.93. The third kappa shape index (κ3) is 15.7. The molecule has 0 aliphatic heterocycles. The van der Waals surface area contributed by atoms with E-state index in [4.69, 9.17) is 14.0 Å². The lowest BCUT2D eigenvalue weighted by atomic mass is 10.1. The number of rotatable bonds is 14. The molecule has 0 aromatic heterocycles. The topological polar surface area (TPSA) is 27.7 Å². The first kappa shape index (κ1) is 22.0. The van der Waals surface area contributed by atoms with Crippen LogP contribution in [0.2, 0.25) is 0 Å². The van der Waals surface area contributed by atoms with Gasteiger partial charge in [-0.15, -0.1) is 37.0 Å². The van der Waals surface area contributed by atoms with Gasteiger partial charge in [-0.25, -0.2) is 0 Å². The fourth-order valence-electron chi connectivity index (χ4n) is 1.75. The minimum atomic E-state index is -0.711. The van der Waals surface area contributed by atoms with Gasteiger partial charge in [-0.3, -0.25) is 0 Å². The first-order valence-corrected chi connectivity index (χ1v) is 9.98. The van der Waals surface area contributed by atoms with Crippen LogP contribution in [0, 0.1) is 0 Å². The van der Waals surface area contributed by atoms with Gasteiger partial charge in [0.05, 0.1) is 16.3 Å². The summed E-state index contributed by atoms with van der Waals surface area (Å²) in [5.41, 5.74) is -0.444. The highest BCUT2D eigenvalue weighted by molar-refractivity contribution is 7.99. The highest BCUT2D eigenvalue weighted by Gasteiger charge is 2.27. The van der Waals surface area contributed by atoms with E-state index in [0.29, 0.717) is 0 Å². The van der Waals surface area contributed by atoms with Gasteiger partial charge in [0, 0.05) is 0 Å². The molecule has 0 bridgehead atoms. The Balaban J connectivity index is 3.74. The lowest BCUT2D eigenvalue weighted by Crippen LogP contribution is -2.34. The van der Waals surface area contributed by atoms with Crippen LogP contribution in [0.15, 0.2) is 0 Å². The molecule has 0 aromatic carbocycles. The maximum Gasteiger partial charge on any atom is 0.641 e. The smallest absolute Gasteiger partial charge is 0.374 e. The Labute approximate surface area is 146 Å². The fraction of sp³-hybridized carbons (Fsp3) is 1.00. The standard InChI is InChI=1S/C14H31BO3S3/c1-5-6-7-8-9-10-11-21-14(4)18-15(16-12(2)19)17-13(3)20/h12-14,19-20H,5-11H2,1-4H3. The van der Waals surface area contributed by atoms with Gasteiger partial charge < -0.3 is 14.0 Å². The highest BCUT2D eigenvalue weighted by Crippen LogP contribution is 2.18. The van der Waals surface area contributed by atoms with Crippen molar-refractivity contribution < 1.29 is 14.0 Å². The molecule has 0 heterocycles. The van der Waals surface area contributed by atoms with Gasteiger partial charge in [-0.05, 0) is 32.9 Å². The van der Waals surface area contributed by atoms with Crippen LogP contribution in [-0.4, -0.2) is 29.4 Å². The predicted molar refractivity (Wildman–Crippen MR) is 101 cm³/mol. The van der Waals surface area contributed by atoms with E-state index in [1.165, 1.54) is 38.5 Å². The molecule has 0 aliphatic rings. The average molecular weight is 354 g/mol. The number of hydrogen-bond acceptors (Lipinski definition) is 6. The summed E-state index contributed by atoms with van der Waals surface area (Å²) in [5, 5.41) is 0. The van der Waals surface area contributed by atoms with E-state index in [1.54, 1.807) is 11.8 Å². The molecule has 3 unspecified atom stereocenters. The van der Waals surface area contributed by atoms with Crippen molar-refractivity contribution in [2.24, 2.45) is 0 Å². The van der Waals surface area contributed by atoms with Crippen molar-refractivity contribution in [1.82, 2.24) is 0 Å². The van der Waals surface area contributed by atoms with E-state index < -0.39 is 7.32 Å². The largest absolute Gasteiger partial charge is 0.641 e. The molecule has 3 atom stereocenters. The zero-order chi connectivity index (χ0) is 16.1. The Kier molecular flexibility index (Phi) is 15.3. The zero-order valence-electron chi connectivity index (χ0n) is 13.8. The lowest BCUT2D eigenvalue weighted by Gasteiger charge is -2.21. The minimum absolute atomic E-state index is 0.0322. The summed E-state index contributed by atoms with van der Waals surface area (Å²) in [7, 11) is -0.711. The molecule has 0 radical (unpaired) electrons. The number of thioether (sulfide) groups is 1. The fourth-order valence-corrected chi connectivity index (χ4v) is 2.82. The van der Waals surface area contributed by atoms with E-state index in [1.807, 2.05) is 20.8 Å². The van der Waals surface area contributed by atoms with Gasteiger partial charge in [0.2, 0.25) is 0 Å². The third-order valence-corrected chi connectivity index (χ3v) is 4.12. The molecule has 0 aliphatic carbocycles. The first-order chi connectivity index (χ1) is 9.95. The Bertz CT molecular complexity index is 224. The second-order valence-electron chi connectivity index (χ2n) is 5.10. The van der Waals surface area contributed by atoms with Crippen molar-refractivity contribution in [1.29, 1.82) is 0 Å². The minimum Gasteiger partial charge on any atom is -0.374 e. The van der Waals surface area contributed by atoms with Crippen molar-refractivity contribution in [2.75, 3.05) is 5.75 Å². The van der Waals surface area contributed by atoms with E-state index >= 15 is 0 Å². The van der Waals surface area contributed by atoms with Crippen LogP contribution in [0.3, 0.4) is 0 Å². The van der Waals surface area contributed by atoms with Crippen LogP contribution < -0.4 is 0 Å². The van der Waals surface area contributed by atoms with Gasteiger partial charge in [0.1, 0.15) is 0 Å². The van der Waals surface area contributed by atoms with Crippen LogP contribution in [0.4, 0.5) is 0 Å². The van der Waals surface area contributed by atoms with E-state index in [-0.39, 0.29) is 16.3 Å². The highest BCUT2D eigenvalue weighted by atomic mass is 32.2. The van der Waals surface area contributed by atoms with Crippen molar-refractivity contribution in [3.05, 3.63) is 0 Å². The first-order valence-electron chi connectivity index (χ1n) is 7.89. The SMILES string of the molecule is CCCCCCCCSC(C)OB(OC(C)S)OC(C)S. The monoisotopic (exact) mass is 354 g/mol. The Hall–Kier alpha value is 0.995. The summed E-state index contributed by atoms with van der Waals surface area (Å²) in [5.74, 6) is 1.10. The average Bonchev–Trinajstić information content (AvgIpc) is 2.36. The maximum absolute atomic E-state index is 5.74. The van der Waals surface area contributed by atoms with Crippen LogP contribution in [0.25, 0.3) is 0 Å². The molecular weight excluding hydrogens is 323 g/mol. The Morgan fingerprint density at radius 1 is 0.857 bits per heavy atom. The van der Waals surface area contributed by atoms with Crippen LogP contribution >= 0.6 is 37.0 Å². The summed E-state index contributed by atoms with van der Waals surface area (Å²) < 4.78 is 16.7. The molecule has 0 saturated carbocycles. The normalized spacial score (nSPS) is 15.7. The third-order valence-electron chi connectivity index (χ3n) is 2.77. The number of thiol groups is 2. The Morgan fingerprint density at radius 3 is 1.90 bits per heavy atom. The quantitative estimate of drug-likeness (QED) is 0.198.